The summed E-state index contributed by atoms with van der Waals surface area (Å²) in [5, 5.41) is 10.4. The summed E-state index contributed by atoms with van der Waals surface area (Å²) < 4.78 is 15.4. The number of benzene rings is 1. The first kappa shape index (κ1) is 17.4. The predicted octanol–water partition coefficient (Wildman–Crippen LogP) is 2.68. The van der Waals surface area contributed by atoms with Gasteiger partial charge in [-0.2, -0.15) is 5.10 Å². The number of rotatable bonds is 3. The lowest BCUT2D eigenvalue weighted by Crippen LogP contribution is -2.34. The molecule has 2 aromatic rings. The van der Waals surface area contributed by atoms with Crippen LogP contribution in [-0.2, 0) is 4.79 Å². The molecule has 1 fully saturated rings. The van der Waals surface area contributed by atoms with Crippen LogP contribution in [0.1, 0.15) is 18.5 Å². The van der Waals surface area contributed by atoms with Crippen molar-refractivity contribution in [2.45, 2.75) is 19.8 Å². The zero-order valence-corrected chi connectivity index (χ0v) is 13.7. The van der Waals surface area contributed by atoms with Gasteiger partial charge in [-0.05, 0) is 45.0 Å². The fourth-order valence-corrected chi connectivity index (χ4v) is 2.72. The van der Waals surface area contributed by atoms with E-state index in [9.17, 15) is 9.18 Å². The summed E-state index contributed by atoms with van der Waals surface area (Å²) >= 11 is 0. The third-order valence-corrected chi connectivity index (χ3v) is 4.06. The number of nitrogens with one attached hydrogen (secondary N) is 2. The maximum atomic E-state index is 13.9. The molecule has 7 heteroatoms. The summed E-state index contributed by atoms with van der Waals surface area (Å²) in [5.74, 6) is -0.305. The Balaban J connectivity index is 0.00000192. The first-order valence-electron chi connectivity index (χ1n) is 7.48. The Hall–Kier alpha value is -1.92. The monoisotopic (exact) mass is 338 g/mol. The van der Waals surface area contributed by atoms with Gasteiger partial charge in [0, 0.05) is 5.92 Å². The Morgan fingerprint density at radius 2 is 2.04 bits per heavy atom. The van der Waals surface area contributed by atoms with Crippen LogP contribution in [0.2, 0.25) is 0 Å². The van der Waals surface area contributed by atoms with Gasteiger partial charge in [-0.1, -0.05) is 12.1 Å². The van der Waals surface area contributed by atoms with E-state index in [1.165, 1.54) is 10.7 Å². The summed E-state index contributed by atoms with van der Waals surface area (Å²) in [4.78, 5) is 12.3. The third-order valence-electron chi connectivity index (χ3n) is 4.06. The van der Waals surface area contributed by atoms with Gasteiger partial charge in [0.1, 0.15) is 11.5 Å². The van der Waals surface area contributed by atoms with E-state index < -0.39 is 0 Å². The minimum Gasteiger partial charge on any atom is -0.323 e. The fraction of sp³-hybridized carbons (Fsp3) is 0.375. The number of hydrogen-bond donors (Lipinski definition) is 2. The normalized spacial score (nSPS) is 15.0. The second kappa shape index (κ2) is 7.57. The van der Waals surface area contributed by atoms with Crippen LogP contribution < -0.4 is 10.6 Å². The van der Waals surface area contributed by atoms with Crippen molar-refractivity contribution in [3.8, 4) is 5.69 Å². The standard InChI is InChI=1S/C16H19FN4O.ClH/c1-11-14(20-16(22)12-6-8-18-9-7-12)10-19-21(11)15-5-3-2-4-13(15)17;/h2-5,10,12,18H,6-9H2,1H3,(H,20,22);1H. The maximum absolute atomic E-state index is 13.9. The summed E-state index contributed by atoms with van der Waals surface area (Å²) in [5.41, 5.74) is 1.72. The molecule has 23 heavy (non-hydrogen) atoms. The molecule has 1 aromatic heterocycles. The highest BCUT2D eigenvalue weighted by atomic mass is 35.5. The molecule has 2 N–H and O–H groups in total. The number of carbonyl (C=O) groups excluding carboxylic acids is 1. The van der Waals surface area contributed by atoms with Gasteiger partial charge in [0.2, 0.25) is 5.91 Å². The quantitative estimate of drug-likeness (QED) is 0.904. The smallest absolute Gasteiger partial charge is 0.227 e. The van der Waals surface area contributed by atoms with Crippen LogP contribution in [0, 0.1) is 18.7 Å². The molecule has 2 heterocycles. The van der Waals surface area contributed by atoms with Crippen molar-refractivity contribution in [3.05, 3.63) is 42.0 Å². The molecule has 1 aliphatic rings. The number of aromatic nitrogens is 2. The van der Waals surface area contributed by atoms with Crippen molar-refractivity contribution < 1.29 is 9.18 Å². The average molecular weight is 339 g/mol. The molecule has 0 saturated carbocycles. The van der Waals surface area contributed by atoms with Crippen molar-refractivity contribution in [1.82, 2.24) is 15.1 Å². The highest BCUT2D eigenvalue weighted by Gasteiger charge is 2.22. The van der Waals surface area contributed by atoms with Crippen LogP contribution in [0.5, 0.6) is 0 Å². The average Bonchev–Trinajstić information content (AvgIpc) is 2.90. The first-order chi connectivity index (χ1) is 10.7. The van der Waals surface area contributed by atoms with Crippen molar-refractivity contribution >= 4 is 24.0 Å². The van der Waals surface area contributed by atoms with Crippen LogP contribution in [-0.4, -0.2) is 28.8 Å². The molecule has 1 saturated heterocycles. The molecule has 1 aliphatic heterocycles. The summed E-state index contributed by atoms with van der Waals surface area (Å²) in [6.07, 6.45) is 3.25. The Bertz CT molecular complexity index is 682. The van der Waals surface area contributed by atoms with Crippen molar-refractivity contribution in [1.29, 1.82) is 0 Å². The number of piperidine rings is 1. The van der Waals surface area contributed by atoms with Gasteiger partial charge in [0.05, 0.1) is 17.6 Å². The second-order valence-corrected chi connectivity index (χ2v) is 5.52. The first-order valence-corrected chi connectivity index (χ1v) is 7.48. The van der Waals surface area contributed by atoms with E-state index in [1.54, 1.807) is 24.4 Å². The van der Waals surface area contributed by atoms with Gasteiger partial charge in [-0.3, -0.25) is 4.79 Å². The molecule has 124 valence electrons. The Morgan fingerprint density at radius 3 is 2.74 bits per heavy atom. The molecule has 0 spiro atoms. The minimum atomic E-state index is -0.343. The van der Waals surface area contributed by atoms with E-state index in [-0.39, 0.29) is 30.0 Å². The SMILES string of the molecule is Cc1c(NC(=O)C2CCNCC2)cnn1-c1ccccc1F.Cl. The predicted molar refractivity (Wildman–Crippen MR) is 89.7 cm³/mol. The molecule has 0 unspecified atom stereocenters. The molecule has 0 aliphatic carbocycles. The zero-order valence-electron chi connectivity index (χ0n) is 12.9. The lowest BCUT2D eigenvalue weighted by molar-refractivity contribution is -0.120. The summed E-state index contributed by atoms with van der Waals surface area (Å²) in [7, 11) is 0. The van der Waals surface area contributed by atoms with Crippen LogP contribution in [0.25, 0.3) is 5.69 Å². The minimum absolute atomic E-state index is 0. The molecule has 0 atom stereocenters. The molecular formula is C16H20ClFN4O. The fourth-order valence-electron chi connectivity index (χ4n) is 2.72. The maximum Gasteiger partial charge on any atom is 0.227 e. The summed E-state index contributed by atoms with van der Waals surface area (Å²) in [6, 6.07) is 6.45. The summed E-state index contributed by atoms with van der Waals surface area (Å²) in [6.45, 7) is 3.55. The Labute approximate surface area is 140 Å². The van der Waals surface area contributed by atoms with Crippen LogP contribution in [0.4, 0.5) is 10.1 Å². The van der Waals surface area contributed by atoms with E-state index in [2.05, 4.69) is 15.7 Å². The van der Waals surface area contributed by atoms with Crippen molar-refractivity contribution in [3.63, 3.8) is 0 Å². The van der Waals surface area contributed by atoms with Gasteiger partial charge in [0.15, 0.2) is 0 Å². The van der Waals surface area contributed by atoms with Gasteiger partial charge in [-0.15, -0.1) is 12.4 Å². The third kappa shape index (κ3) is 3.71. The molecule has 0 bridgehead atoms. The lowest BCUT2D eigenvalue weighted by Gasteiger charge is -2.21. The van der Waals surface area contributed by atoms with E-state index >= 15 is 0 Å². The highest BCUT2D eigenvalue weighted by molar-refractivity contribution is 5.93. The number of halogens is 2. The number of carbonyl (C=O) groups is 1. The van der Waals surface area contributed by atoms with E-state index in [1.807, 2.05) is 6.92 Å². The van der Waals surface area contributed by atoms with Crippen molar-refractivity contribution in [2.75, 3.05) is 18.4 Å². The largest absolute Gasteiger partial charge is 0.323 e. The Kier molecular flexibility index (Phi) is 5.74. The number of para-hydroxylation sites is 1. The lowest BCUT2D eigenvalue weighted by atomic mass is 9.97. The number of amides is 1. The van der Waals surface area contributed by atoms with Gasteiger partial charge in [0.25, 0.3) is 0 Å². The zero-order chi connectivity index (χ0) is 15.5. The molecule has 1 amide bonds. The van der Waals surface area contributed by atoms with Crippen molar-refractivity contribution in [2.24, 2.45) is 5.92 Å². The second-order valence-electron chi connectivity index (χ2n) is 5.52. The van der Waals surface area contributed by atoms with Crippen LogP contribution in [0.15, 0.2) is 30.5 Å². The topological polar surface area (TPSA) is 59.0 Å². The number of hydrogen-bond acceptors (Lipinski definition) is 3. The van der Waals surface area contributed by atoms with E-state index in [4.69, 9.17) is 0 Å². The Morgan fingerprint density at radius 1 is 1.35 bits per heavy atom. The number of anilines is 1. The van der Waals surface area contributed by atoms with Crippen LogP contribution >= 0.6 is 12.4 Å². The highest BCUT2D eigenvalue weighted by Crippen LogP contribution is 2.22. The molecule has 0 radical (unpaired) electrons. The van der Waals surface area contributed by atoms with Crippen LogP contribution in [0.3, 0.4) is 0 Å². The van der Waals surface area contributed by atoms with Gasteiger partial charge in [-0.25, -0.2) is 9.07 Å². The molecular weight excluding hydrogens is 319 g/mol. The van der Waals surface area contributed by atoms with E-state index in [0.29, 0.717) is 17.1 Å². The molecule has 5 nitrogen and oxygen atoms in total. The van der Waals surface area contributed by atoms with E-state index in [0.717, 1.165) is 25.9 Å². The van der Waals surface area contributed by atoms with Gasteiger partial charge < -0.3 is 10.6 Å². The number of nitrogens with zero attached hydrogens (tertiary/aromatic N) is 2. The molecule has 3 rings (SSSR count). The molecule has 1 aromatic carbocycles. The van der Waals surface area contributed by atoms with Gasteiger partial charge >= 0.3 is 0 Å².